The van der Waals surface area contributed by atoms with Gasteiger partial charge < -0.3 is 15.0 Å². The van der Waals surface area contributed by atoms with Crippen LogP contribution in [0.5, 0.6) is 5.75 Å². The molecule has 0 bridgehead atoms. The highest BCUT2D eigenvalue weighted by Crippen LogP contribution is 2.27. The first kappa shape index (κ1) is 18.2. The van der Waals surface area contributed by atoms with Gasteiger partial charge >= 0.3 is 0 Å². The van der Waals surface area contributed by atoms with Crippen molar-refractivity contribution in [1.29, 1.82) is 0 Å². The van der Waals surface area contributed by atoms with Crippen LogP contribution in [-0.2, 0) is 4.79 Å². The van der Waals surface area contributed by atoms with E-state index in [2.05, 4.69) is 41.2 Å². The van der Waals surface area contributed by atoms with Crippen molar-refractivity contribution >= 4 is 17.4 Å². The van der Waals surface area contributed by atoms with Gasteiger partial charge in [0, 0.05) is 13.1 Å². The Morgan fingerprint density at radius 2 is 2.00 bits per heavy atom. The van der Waals surface area contributed by atoms with E-state index in [4.69, 9.17) is 4.74 Å². The van der Waals surface area contributed by atoms with Crippen molar-refractivity contribution in [2.24, 2.45) is 0 Å². The zero-order chi connectivity index (χ0) is 18.5. The molecular weight excluding hydrogens is 326 g/mol. The lowest BCUT2D eigenvalue weighted by molar-refractivity contribution is -0.118. The first-order valence-electron chi connectivity index (χ1n) is 9.27. The van der Waals surface area contributed by atoms with Gasteiger partial charge in [-0.1, -0.05) is 26.0 Å². The van der Waals surface area contributed by atoms with Crippen molar-refractivity contribution in [1.82, 2.24) is 4.98 Å². The number of rotatable bonds is 6. The van der Waals surface area contributed by atoms with Gasteiger partial charge in [-0.2, -0.15) is 0 Å². The largest absolute Gasteiger partial charge is 0.483 e. The first-order chi connectivity index (χ1) is 12.5. The Kier molecular flexibility index (Phi) is 5.76. The van der Waals surface area contributed by atoms with Crippen LogP contribution in [0, 0.1) is 6.92 Å². The molecule has 1 aromatic carbocycles. The van der Waals surface area contributed by atoms with Crippen molar-refractivity contribution < 1.29 is 9.53 Å². The molecule has 1 fully saturated rings. The maximum Gasteiger partial charge on any atom is 0.262 e. The van der Waals surface area contributed by atoms with E-state index in [0.29, 0.717) is 11.6 Å². The van der Waals surface area contributed by atoms with Crippen LogP contribution < -0.4 is 15.0 Å². The van der Waals surface area contributed by atoms with Crippen LogP contribution in [0.1, 0.15) is 43.7 Å². The number of amides is 1. The number of hydrogen-bond acceptors (Lipinski definition) is 4. The van der Waals surface area contributed by atoms with E-state index in [9.17, 15) is 4.79 Å². The maximum atomic E-state index is 12.2. The summed E-state index contributed by atoms with van der Waals surface area (Å²) in [5.74, 6) is 1.91. The summed E-state index contributed by atoms with van der Waals surface area (Å²) in [6.07, 6.45) is 4.14. The molecule has 1 saturated heterocycles. The van der Waals surface area contributed by atoms with Crippen molar-refractivity contribution in [3.63, 3.8) is 0 Å². The predicted octanol–water partition coefficient (Wildman–Crippen LogP) is 4.13. The van der Waals surface area contributed by atoms with Gasteiger partial charge in [0.1, 0.15) is 11.6 Å². The summed E-state index contributed by atoms with van der Waals surface area (Å²) in [5, 5.41) is 2.85. The maximum absolute atomic E-state index is 12.2. The quantitative estimate of drug-likeness (QED) is 0.848. The summed E-state index contributed by atoms with van der Waals surface area (Å²) in [4.78, 5) is 18.9. The number of hydrogen-bond donors (Lipinski definition) is 1. The summed E-state index contributed by atoms with van der Waals surface area (Å²) >= 11 is 0. The minimum atomic E-state index is -0.183. The molecule has 3 rings (SSSR count). The molecule has 1 aromatic heterocycles. The van der Waals surface area contributed by atoms with Crippen molar-refractivity contribution in [3.05, 3.63) is 47.7 Å². The van der Waals surface area contributed by atoms with Gasteiger partial charge in [-0.25, -0.2) is 4.98 Å². The van der Waals surface area contributed by atoms with E-state index in [1.54, 1.807) is 6.20 Å². The molecule has 1 aliphatic rings. The fourth-order valence-electron chi connectivity index (χ4n) is 3.18. The van der Waals surface area contributed by atoms with Crippen LogP contribution in [0.4, 0.5) is 11.5 Å². The van der Waals surface area contributed by atoms with Crippen LogP contribution >= 0.6 is 0 Å². The Morgan fingerprint density at radius 3 is 2.65 bits per heavy atom. The fourth-order valence-corrected chi connectivity index (χ4v) is 3.18. The van der Waals surface area contributed by atoms with E-state index >= 15 is 0 Å². The van der Waals surface area contributed by atoms with Crippen molar-refractivity contribution in [2.75, 3.05) is 29.9 Å². The Morgan fingerprint density at radius 1 is 1.23 bits per heavy atom. The van der Waals surface area contributed by atoms with Crippen molar-refractivity contribution in [3.8, 4) is 5.75 Å². The smallest absolute Gasteiger partial charge is 0.262 e. The van der Waals surface area contributed by atoms with Gasteiger partial charge in [-0.15, -0.1) is 0 Å². The second kappa shape index (κ2) is 8.21. The van der Waals surface area contributed by atoms with E-state index in [1.807, 2.05) is 25.1 Å². The van der Waals surface area contributed by atoms with Gasteiger partial charge in [-0.05, 0) is 55.0 Å². The highest BCUT2D eigenvalue weighted by Gasteiger charge is 2.14. The molecular formula is C21H27N3O2. The molecule has 0 spiro atoms. The topological polar surface area (TPSA) is 54.5 Å². The number of nitrogens with zero attached hydrogens (tertiary/aromatic N) is 2. The van der Waals surface area contributed by atoms with Crippen LogP contribution in [-0.4, -0.2) is 30.6 Å². The molecule has 5 heteroatoms. The molecule has 0 radical (unpaired) electrons. The highest BCUT2D eigenvalue weighted by atomic mass is 16.5. The third-order valence-electron chi connectivity index (χ3n) is 4.61. The molecule has 2 aromatic rings. The minimum absolute atomic E-state index is 0.0168. The van der Waals surface area contributed by atoms with Crippen LogP contribution in [0.3, 0.4) is 0 Å². The molecule has 0 saturated carbocycles. The zero-order valence-corrected chi connectivity index (χ0v) is 15.8. The normalized spacial score (nSPS) is 13.9. The van der Waals surface area contributed by atoms with Crippen molar-refractivity contribution in [2.45, 2.75) is 39.5 Å². The molecule has 5 nitrogen and oxygen atoms in total. The highest BCUT2D eigenvalue weighted by molar-refractivity contribution is 5.91. The molecule has 26 heavy (non-hydrogen) atoms. The summed E-state index contributed by atoms with van der Waals surface area (Å²) in [6, 6.07) is 9.96. The molecule has 0 unspecified atom stereocenters. The van der Waals surface area contributed by atoms with E-state index in [1.165, 1.54) is 12.8 Å². The van der Waals surface area contributed by atoms with E-state index in [0.717, 1.165) is 35.8 Å². The number of nitrogens with one attached hydrogen (secondary N) is 1. The summed E-state index contributed by atoms with van der Waals surface area (Å²) in [7, 11) is 0. The molecule has 0 atom stereocenters. The lowest BCUT2D eigenvalue weighted by Crippen LogP contribution is -2.21. The third kappa shape index (κ3) is 4.54. The second-order valence-corrected chi connectivity index (χ2v) is 7.13. The van der Waals surface area contributed by atoms with Crippen LogP contribution in [0.2, 0.25) is 0 Å². The summed E-state index contributed by atoms with van der Waals surface area (Å²) in [6.45, 7) is 8.35. The standard InChI is InChI=1S/C21H27N3O2/c1-15(2)18-8-6-16(3)12-19(18)26-14-21(25)23-17-7-9-20(22-13-17)24-10-4-5-11-24/h6-9,12-13,15H,4-5,10-11,14H2,1-3H3,(H,23,25). The Bertz CT molecular complexity index is 750. The molecule has 1 N–H and O–H groups in total. The number of carbonyl (C=O) groups excluding carboxylic acids is 1. The van der Waals surface area contributed by atoms with E-state index in [-0.39, 0.29) is 12.5 Å². The number of pyridine rings is 1. The van der Waals surface area contributed by atoms with Gasteiger partial charge in [0.25, 0.3) is 5.91 Å². The molecule has 1 amide bonds. The monoisotopic (exact) mass is 353 g/mol. The predicted molar refractivity (Wildman–Crippen MR) is 105 cm³/mol. The van der Waals surface area contributed by atoms with E-state index < -0.39 is 0 Å². The molecule has 0 aliphatic carbocycles. The zero-order valence-electron chi connectivity index (χ0n) is 15.8. The Balaban J connectivity index is 1.57. The van der Waals surface area contributed by atoms with Crippen LogP contribution in [0.25, 0.3) is 0 Å². The number of anilines is 2. The fraction of sp³-hybridized carbons (Fsp3) is 0.429. The lowest BCUT2D eigenvalue weighted by atomic mass is 10.0. The first-order valence-corrected chi connectivity index (χ1v) is 9.27. The Hall–Kier alpha value is -2.56. The average Bonchev–Trinajstić information content (AvgIpc) is 3.15. The van der Waals surface area contributed by atoms with Gasteiger partial charge in [0.15, 0.2) is 6.61 Å². The minimum Gasteiger partial charge on any atom is -0.483 e. The van der Waals surface area contributed by atoms with Gasteiger partial charge in [0.05, 0.1) is 11.9 Å². The average molecular weight is 353 g/mol. The number of aryl methyl sites for hydroxylation is 1. The molecule has 2 heterocycles. The second-order valence-electron chi connectivity index (χ2n) is 7.13. The molecule has 138 valence electrons. The number of ether oxygens (including phenoxy) is 1. The van der Waals surface area contributed by atoms with Crippen LogP contribution in [0.15, 0.2) is 36.5 Å². The third-order valence-corrected chi connectivity index (χ3v) is 4.61. The number of benzene rings is 1. The summed E-state index contributed by atoms with van der Waals surface area (Å²) < 4.78 is 5.78. The lowest BCUT2D eigenvalue weighted by Gasteiger charge is -2.16. The van der Waals surface area contributed by atoms with Gasteiger partial charge in [0.2, 0.25) is 0 Å². The molecule has 1 aliphatic heterocycles. The van der Waals surface area contributed by atoms with Gasteiger partial charge in [-0.3, -0.25) is 4.79 Å². The summed E-state index contributed by atoms with van der Waals surface area (Å²) in [5.41, 5.74) is 2.92. The number of aromatic nitrogens is 1. The Labute approximate surface area is 155 Å². The SMILES string of the molecule is Cc1ccc(C(C)C)c(OCC(=O)Nc2ccc(N3CCCC3)nc2)c1. The number of carbonyl (C=O) groups is 1.